The zero-order valence-corrected chi connectivity index (χ0v) is 15.9. The zero-order chi connectivity index (χ0) is 19.8. The summed E-state index contributed by atoms with van der Waals surface area (Å²) in [5.74, 6) is 0.223. The number of carbonyl (C=O) groups is 1. The smallest absolute Gasteiger partial charge is 0.253 e. The van der Waals surface area contributed by atoms with Gasteiger partial charge in [0.1, 0.15) is 17.7 Å². The van der Waals surface area contributed by atoms with E-state index in [1.165, 1.54) is 12.1 Å². The molecule has 1 fully saturated rings. The Morgan fingerprint density at radius 1 is 1.32 bits per heavy atom. The minimum atomic E-state index is -0.477. The van der Waals surface area contributed by atoms with Crippen LogP contribution < -0.4 is 11.1 Å². The number of anilines is 1. The minimum Gasteiger partial charge on any atom is -0.364 e. The number of imidazole rings is 1. The summed E-state index contributed by atoms with van der Waals surface area (Å²) in [7, 11) is 1.89. The number of hydrogen-bond donors (Lipinski definition) is 2. The number of nitrogens with zero attached hydrogens (tertiary/aromatic N) is 2. The van der Waals surface area contributed by atoms with Crippen LogP contribution in [0.5, 0.6) is 0 Å². The number of halogens is 1. The maximum Gasteiger partial charge on any atom is 0.253 e. The van der Waals surface area contributed by atoms with E-state index in [0.29, 0.717) is 30.0 Å². The average Bonchev–Trinajstić information content (AvgIpc) is 3.28. The van der Waals surface area contributed by atoms with Crippen LogP contribution in [0.3, 0.4) is 0 Å². The first-order valence-electron chi connectivity index (χ1n) is 9.35. The molecule has 28 heavy (non-hydrogen) atoms. The molecule has 3 N–H and O–H groups in total. The van der Waals surface area contributed by atoms with E-state index in [2.05, 4.69) is 10.3 Å². The topological polar surface area (TPSA) is 82.2 Å². The molecule has 7 heteroatoms. The Kier molecular flexibility index (Phi) is 4.87. The monoisotopic (exact) mass is 382 g/mol. The number of aryl methyl sites for hydroxylation is 2. The molecule has 0 radical (unpaired) electrons. The number of amides is 1. The van der Waals surface area contributed by atoms with Crippen LogP contribution in [0.1, 0.15) is 18.4 Å². The fraction of sp³-hybridized carbons (Fsp3) is 0.333. The quantitative estimate of drug-likeness (QED) is 0.726. The predicted molar refractivity (Wildman–Crippen MR) is 106 cm³/mol. The third-order valence-corrected chi connectivity index (χ3v) is 5.26. The van der Waals surface area contributed by atoms with Gasteiger partial charge in [-0.15, -0.1) is 0 Å². The minimum absolute atomic E-state index is 0.0522. The predicted octanol–water partition coefficient (Wildman–Crippen LogP) is 3.13. The molecule has 6 nitrogen and oxygen atoms in total. The first kappa shape index (κ1) is 18.6. The van der Waals surface area contributed by atoms with E-state index < -0.39 is 6.10 Å². The summed E-state index contributed by atoms with van der Waals surface area (Å²) in [5.41, 5.74) is 9.55. The van der Waals surface area contributed by atoms with Crippen molar-refractivity contribution in [2.24, 2.45) is 12.8 Å². The van der Waals surface area contributed by atoms with Crippen molar-refractivity contribution >= 4 is 22.6 Å². The molecule has 2 aromatic carbocycles. The lowest BCUT2D eigenvalue weighted by Gasteiger charge is -2.15. The third-order valence-electron chi connectivity index (χ3n) is 5.26. The highest BCUT2D eigenvalue weighted by atomic mass is 19.1. The van der Waals surface area contributed by atoms with E-state index in [0.717, 1.165) is 23.1 Å². The molecular formula is C21H23FN4O2. The lowest BCUT2D eigenvalue weighted by Crippen LogP contribution is -2.30. The van der Waals surface area contributed by atoms with Gasteiger partial charge in [-0.05, 0) is 43.5 Å². The molecule has 1 aromatic heterocycles. The SMILES string of the molecule is Cc1ccc(-c2nc3cc(F)ccc3n2C)cc1NC(=O)[C@@H]1CC[C@H](CN)O1. The summed E-state index contributed by atoms with van der Waals surface area (Å²) >= 11 is 0. The van der Waals surface area contributed by atoms with Crippen LogP contribution in [-0.4, -0.2) is 34.2 Å². The van der Waals surface area contributed by atoms with Crippen molar-refractivity contribution < 1.29 is 13.9 Å². The molecule has 2 heterocycles. The Hall–Kier alpha value is -2.77. The van der Waals surface area contributed by atoms with E-state index in [-0.39, 0.29) is 17.8 Å². The molecule has 3 aromatic rings. The second kappa shape index (κ2) is 7.33. The molecule has 1 amide bonds. The van der Waals surface area contributed by atoms with E-state index in [1.54, 1.807) is 6.07 Å². The number of ether oxygens (including phenoxy) is 1. The highest BCUT2D eigenvalue weighted by Gasteiger charge is 2.30. The van der Waals surface area contributed by atoms with Gasteiger partial charge >= 0.3 is 0 Å². The van der Waals surface area contributed by atoms with Crippen LogP contribution in [0.25, 0.3) is 22.4 Å². The van der Waals surface area contributed by atoms with Crippen LogP contribution in [0.4, 0.5) is 10.1 Å². The summed E-state index contributed by atoms with van der Waals surface area (Å²) in [4.78, 5) is 17.1. The van der Waals surface area contributed by atoms with Gasteiger partial charge in [0.05, 0.1) is 17.1 Å². The maximum absolute atomic E-state index is 13.5. The number of benzene rings is 2. The van der Waals surface area contributed by atoms with Crippen LogP contribution in [0.2, 0.25) is 0 Å². The highest BCUT2D eigenvalue weighted by molar-refractivity contribution is 5.95. The van der Waals surface area contributed by atoms with Crippen molar-refractivity contribution in [1.82, 2.24) is 9.55 Å². The van der Waals surface area contributed by atoms with Gasteiger partial charge in [0.2, 0.25) is 0 Å². The van der Waals surface area contributed by atoms with Crippen LogP contribution in [-0.2, 0) is 16.6 Å². The number of carbonyl (C=O) groups excluding carboxylic acids is 1. The molecule has 1 aliphatic heterocycles. The van der Waals surface area contributed by atoms with Gasteiger partial charge in [-0.3, -0.25) is 4.79 Å². The molecule has 4 rings (SSSR count). The molecule has 1 aliphatic rings. The van der Waals surface area contributed by atoms with Crippen molar-refractivity contribution in [3.8, 4) is 11.4 Å². The number of hydrogen-bond acceptors (Lipinski definition) is 4. The summed E-state index contributed by atoms with van der Waals surface area (Å²) in [6.45, 7) is 2.35. The number of fused-ring (bicyclic) bond motifs is 1. The zero-order valence-electron chi connectivity index (χ0n) is 15.9. The Morgan fingerprint density at radius 2 is 2.14 bits per heavy atom. The van der Waals surface area contributed by atoms with Crippen molar-refractivity contribution in [3.05, 3.63) is 47.8 Å². The van der Waals surface area contributed by atoms with Crippen LogP contribution in [0.15, 0.2) is 36.4 Å². The van der Waals surface area contributed by atoms with Gasteiger partial charge < -0.3 is 20.4 Å². The van der Waals surface area contributed by atoms with E-state index in [1.807, 2.05) is 36.7 Å². The highest BCUT2D eigenvalue weighted by Crippen LogP contribution is 2.29. The number of rotatable bonds is 4. The first-order valence-corrected chi connectivity index (χ1v) is 9.35. The molecule has 2 atom stereocenters. The van der Waals surface area contributed by atoms with Crippen molar-refractivity contribution in [2.75, 3.05) is 11.9 Å². The van der Waals surface area contributed by atoms with E-state index in [4.69, 9.17) is 10.5 Å². The molecule has 0 bridgehead atoms. The van der Waals surface area contributed by atoms with Gasteiger partial charge in [0.15, 0.2) is 0 Å². The Balaban J connectivity index is 1.63. The first-order chi connectivity index (χ1) is 13.5. The molecule has 146 valence electrons. The fourth-order valence-corrected chi connectivity index (χ4v) is 3.61. The van der Waals surface area contributed by atoms with E-state index in [9.17, 15) is 9.18 Å². The van der Waals surface area contributed by atoms with Gasteiger partial charge in [-0.2, -0.15) is 0 Å². The Bertz CT molecular complexity index is 1050. The number of aromatic nitrogens is 2. The second-order valence-corrected chi connectivity index (χ2v) is 7.21. The lowest BCUT2D eigenvalue weighted by molar-refractivity contribution is -0.126. The lowest BCUT2D eigenvalue weighted by atomic mass is 10.1. The largest absolute Gasteiger partial charge is 0.364 e. The molecule has 1 saturated heterocycles. The molecule has 0 unspecified atom stereocenters. The Morgan fingerprint density at radius 3 is 2.89 bits per heavy atom. The normalized spacial score (nSPS) is 19.3. The van der Waals surface area contributed by atoms with Crippen LogP contribution >= 0.6 is 0 Å². The summed E-state index contributed by atoms with van der Waals surface area (Å²) < 4.78 is 21.1. The molecular weight excluding hydrogens is 359 g/mol. The van der Waals surface area contributed by atoms with Gasteiger partial charge in [0.25, 0.3) is 5.91 Å². The van der Waals surface area contributed by atoms with Crippen molar-refractivity contribution in [3.63, 3.8) is 0 Å². The number of nitrogens with one attached hydrogen (secondary N) is 1. The summed E-state index contributed by atoms with van der Waals surface area (Å²) in [5, 5.41) is 2.97. The van der Waals surface area contributed by atoms with Gasteiger partial charge in [-0.1, -0.05) is 12.1 Å². The molecule has 0 aliphatic carbocycles. The average molecular weight is 382 g/mol. The standard InChI is InChI=1S/C21H23FN4O2/c1-12-3-4-13(20-24-17-10-14(22)5-7-18(17)26(20)2)9-16(12)25-21(27)19-8-6-15(11-23)28-19/h3-5,7,9-10,15,19H,6,8,11,23H2,1-2H3,(H,25,27)/t15-,19+/m1/s1. The van der Waals surface area contributed by atoms with Crippen LogP contribution in [0, 0.1) is 12.7 Å². The molecule has 0 saturated carbocycles. The fourth-order valence-electron chi connectivity index (χ4n) is 3.61. The van der Waals surface area contributed by atoms with E-state index >= 15 is 0 Å². The second-order valence-electron chi connectivity index (χ2n) is 7.21. The molecule has 0 spiro atoms. The van der Waals surface area contributed by atoms with Crippen molar-refractivity contribution in [1.29, 1.82) is 0 Å². The number of nitrogens with two attached hydrogens (primary N) is 1. The van der Waals surface area contributed by atoms with Gasteiger partial charge in [0, 0.05) is 30.9 Å². The third kappa shape index (κ3) is 3.39. The summed E-state index contributed by atoms with van der Waals surface area (Å²) in [6.07, 6.45) is 0.936. The van der Waals surface area contributed by atoms with Gasteiger partial charge in [-0.25, -0.2) is 9.37 Å². The Labute approximate surface area is 162 Å². The summed E-state index contributed by atoms with van der Waals surface area (Å²) in [6, 6.07) is 10.3. The maximum atomic E-state index is 13.5. The van der Waals surface area contributed by atoms with Crippen molar-refractivity contribution in [2.45, 2.75) is 32.0 Å².